The van der Waals surface area contributed by atoms with Gasteiger partial charge in [0.25, 0.3) is 11.8 Å². The molecule has 0 saturated heterocycles. The van der Waals surface area contributed by atoms with E-state index in [1.165, 1.54) is 28.3 Å². The molecular formula is C21H16FN5O2S. The average Bonchev–Trinajstić information content (AvgIpc) is 3.40. The summed E-state index contributed by atoms with van der Waals surface area (Å²) in [6.45, 7) is 1.66. The fraction of sp³-hybridized carbons (Fsp3) is 0.0476. The summed E-state index contributed by atoms with van der Waals surface area (Å²) < 4.78 is 13.1. The van der Waals surface area contributed by atoms with Crippen molar-refractivity contribution in [1.29, 1.82) is 0 Å². The highest BCUT2D eigenvalue weighted by molar-refractivity contribution is 7.17. The van der Waals surface area contributed by atoms with Crippen LogP contribution in [-0.2, 0) is 0 Å². The van der Waals surface area contributed by atoms with Crippen LogP contribution in [0.25, 0.3) is 16.1 Å². The number of hydrogen-bond acceptors (Lipinski definition) is 5. The van der Waals surface area contributed by atoms with Gasteiger partial charge in [-0.2, -0.15) is 9.90 Å². The lowest BCUT2D eigenvalue weighted by atomic mass is 10.2. The lowest BCUT2D eigenvalue weighted by Gasteiger charge is -2.04. The second-order valence-corrected chi connectivity index (χ2v) is 7.42. The number of hydrogen-bond donors (Lipinski definition) is 2. The standard InChI is InChI=1S/C21H16FN5O2S/c1-13-19(26-27(25-13)16-5-3-2-4-6-16)21(29)24-23-20(28)18-12-11-17(30-18)14-7-9-15(22)10-8-14/h2-12H,1H3,(H,23,28)(H,24,29). The molecule has 4 aromatic rings. The second kappa shape index (κ2) is 8.26. The number of benzene rings is 2. The minimum absolute atomic E-state index is 0.109. The van der Waals surface area contributed by atoms with Crippen molar-refractivity contribution < 1.29 is 14.0 Å². The van der Waals surface area contributed by atoms with Gasteiger partial charge in [-0.05, 0) is 48.9 Å². The SMILES string of the molecule is Cc1nn(-c2ccccc2)nc1C(=O)NNC(=O)c1ccc(-c2ccc(F)cc2)s1. The molecule has 9 heteroatoms. The van der Waals surface area contributed by atoms with Gasteiger partial charge in [0, 0.05) is 4.88 Å². The number of hydrazine groups is 1. The van der Waals surface area contributed by atoms with E-state index in [0.717, 1.165) is 16.1 Å². The third kappa shape index (κ3) is 4.11. The number of para-hydroxylation sites is 1. The molecule has 2 aromatic heterocycles. The van der Waals surface area contributed by atoms with Crippen LogP contribution in [0.3, 0.4) is 0 Å². The third-order valence-corrected chi connectivity index (χ3v) is 5.37. The van der Waals surface area contributed by atoms with E-state index in [2.05, 4.69) is 21.0 Å². The zero-order chi connectivity index (χ0) is 21.1. The summed E-state index contributed by atoms with van der Waals surface area (Å²) in [7, 11) is 0. The van der Waals surface area contributed by atoms with Crippen molar-refractivity contribution in [2.75, 3.05) is 0 Å². The number of aromatic nitrogens is 3. The molecule has 4 rings (SSSR count). The highest BCUT2D eigenvalue weighted by atomic mass is 32.1. The minimum Gasteiger partial charge on any atom is -0.266 e. The number of rotatable bonds is 4. The molecule has 0 saturated carbocycles. The van der Waals surface area contributed by atoms with E-state index in [9.17, 15) is 14.0 Å². The lowest BCUT2D eigenvalue weighted by Crippen LogP contribution is -2.41. The van der Waals surface area contributed by atoms with Crippen LogP contribution in [0.1, 0.15) is 25.9 Å². The molecule has 30 heavy (non-hydrogen) atoms. The van der Waals surface area contributed by atoms with Crippen LogP contribution in [-0.4, -0.2) is 26.8 Å². The molecule has 2 amide bonds. The summed E-state index contributed by atoms with van der Waals surface area (Å²) in [4.78, 5) is 27.4. The number of carbonyl (C=O) groups excluding carboxylic acids is 2. The molecule has 0 bridgehead atoms. The summed E-state index contributed by atoms with van der Waals surface area (Å²) >= 11 is 1.23. The molecule has 2 heterocycles. The highest BCUT2D eigenvalue weighted by Crippen LogP contribution is 2.28. The van der Waals surface area contributed by atoms with Gasteiger partial charge in [-0.15, -0.1) is 16.4 Å². The minimum atomic E-state index is -0.571. The van der Waals surface area contributed by atoms with Gasteiger partial charge in [-0.3, -0.25) is 20.4 Å². The summed E-state index contributed by atoms with van der Waals surface area (Å²) in [6, 6.07) is 18.6. The number of nitrogens with one attached hydrogen (secondary N) is 2. The normalized spacial score (nSPS) is 10.6. The molecule has 0 aliphatic heterocycles. The van der Waals surface area contributed by atoms with E-state index in [0.29, 0.717) is 10.6 Å². The van der Waals surface area contributed by atoms with Crippen molar-refractivity contribution in [3.8, 4) is 16.1 Å². The number of aryl methyl sites for hydroxylation is 1. The maximum Gasteiger partial charge on any atom is 0.292 e. The van der Waals surface area contributed by atoms with Gasteiger partial charge in [-0.25, -0.2) is 4.39 Å². The predicted molar refractivity (Wildman–Crippen MR) is 111 cm³/mol. The fourth-order valence-corrected chi connectivity index (χ4v) is 3.64. The first-order valence-corrected chi connectivity index (χ1v) is 9.79. The Morgan fingerprint density at radius 3 is 2.33 bits per heavy atom. The van der Waals surface area contributed by atoms with E-state index < -0.39 is 11.8 Å². The Balaban J connectivity index is 1.41. The van der Waals surface area contributed by atoms with Gasteiger partial charge < -0.3 is 0 Å². The van der Waals surface area contributed by atoms with Gasteiger partial charge in [0.05, 0.1) is 16.3 Å². The molecule has 2 N–H and O–H groups in total. The predicted octanol–water partition coefficient (Wildman–Crippen LogP) is 3.52. The third-order valence-electron chi connectivity index (χ3n) is 4.23. The largest absolute Gasteiger partial charge is 0.292 e. The van der Waals surface area contributed by atoms with Gasteiger partial charge in [-0.1, -0.05) is 30.3 Å². The van der Waals surface area contributed by atoms with Crippen LogP contribution in [0.4, 0.5) is 4.39 Å². The molecule has 0 unspecified atom stereocenters. The van der Waals surface area contributed by atoms with Crippen molar-refractivity contribution in [3.05, 3.63) is 88.8 Å². The van der Waals surface area contributed by atoms with Crippen LogP contribution in [0, 0.1) is 12.7 Å². The summed E-state index contributed by atoms with van der Waals surface area (Å²) in [6.07, 6.45) is 0. The first kappa shape index (κ1) is 19.5. The highest BCUT2D eigenvalue weighted by Gasteiger charge is 2.18. The molecule has 0 atom stereocenters. The van der Waals surface area contributed by atoms with E-state index in [4.69, 9.17) is 0 Å². The van der Waals surface area contributed by atoms with Gasteiger partial charge in [0.2, 0.25) is 0 Å². The maximum atomic E-state index is 13.1. The number of halogens is 1. The van der Waals surface area contributed by atoms with Crippen LogP contribution in [0.15, 0.2) is 66.7 Å². The molecule has 7 nitrogen and oxygen atoms in total. The maximum absolute atomic E-state index is 13.1. The van der Waals surface area contributed by atoms with E-state index in [1.807, 2.05) is 30.3 Å². The molecule has 0 spiro atoms. The van der Waals surface area contributed by atoms with Gasteiger partial charge in [0.1, 0.15) is 5.82 Å². The van der Waals surface area contributed by atoms with Crippen LogP contribution >= 0.6 is 11.3 Å². The van der Waals surface area contributed by atoms with Crippen LogP contribution < -0.4 is 10.9 Å². The van der Waals surface area contributed by atoms with Gasteiger partial charge in [0.15, 0.2) is 5.69 Å². The Hall–Kier alpha value is -3.85. The van der Waals surface area contributed by atoms with E-state index >= 15 is 0 Å². The topological polar surface area (TPSA) is 88.9 Å². The Morgan fingerprint density at radius 1 is 0.900 bits per heavy atom. The van der Waals surface area contributed by atoms with Crippen molar-refractivity contribution in [3.63, 3.8) is 0 Å². The van der Waals surface area contributed by atoms with Crippen molar-refractivity contribution >= 4 is 23.2 Å². The Bertz CT molecular complexity index is 1200. The number of carbonyl (C=O) groups is 2. The van der Waals surface area contributed by atoms with E-state index in [1.54, 1.807) is 31.2 Å². The molecule has 0 radical (unpaired) electrons. The number of thiophene rings is 1. The Labute approximate surface area is 175 Å². The average molecular weight is 421 g/mol. The number of amides is 2. The van der Waals surface area contributed by atoms with E-state index in [-0.39, 0.29) is 11.5 Å². The van der Waals surface area contributed by atoms with Crippen LogP contribution in [0.5, 0.6) is 0 Å². The summed E-state index contributed by atoms with van der Waals surface area (Å²) in [5.74, 6) is -1.36. The first-order chi connectivity index (χ1) is 14.5. The molecule has 150 valence electrons. The molecule has 0 aliphatic rings. The lowest BCUT2D eigenvalue weighted by molar-refractivity contribution is 0.0845. The smallest absolute Gasteiger partial charge is 0.266 e. The second-order valence-electron chi connectivity index (χ2n) is 6.34. The first-order valence-electron chi connectivity index (χ1n) is 8.97. The van der Waals surface area contributed by atoms with Gasteiger partial charge >= 0.3 is 0 Å². The Morgan fingerprint density at radius 2 is 1.60 bits per heavy atom. The molecular weight excluding hydrogens is 405 g/mol. The van der Waals surface area contributed by atoms with Crippen LogP contribution in [0.2, 0.25) is 0 Å². The number of nitrogens with zero attached hydrogens (tertiary/aromatic N) is 3. The summed E-state index contributed by atoms with van der Waals surface area (Å²) in [5, 5.41) is 8.43. The van der Waals surface area contributed by atoms with Crippen molar-refractivity contribution in [2.45, 2.75) is 6.92 Å². The fourth-order valence-electron chi connectivity index (χ4n) is 2.73. The van der Waals surface area contributed by atoms with Crippen molar-refractivity contribution in [1.82, 2.24) is 25.8 Å². The Kier molecular flexibility index (Phi) is 5.36. The summed E-state index contributed by atoms with van der Waals surface area (Å²) in [5.41, 5.74) is 6.81. The molecule has 0 aliphatic carbocycles. The zero-order valence-corrected chi connectivity index (χ0v) is 16.6. The quantitative estimate of drug-likeness (QED) is 0.494. The van der Waals surface area contributed by atoms with Crippen molar-refractivity contribution in [2.24, 2.45) is 0 Å². The zero-order valence-electron chi connectivity index (χ0n) is 15.8. The molecule has 0 fully saturated rings. The molecule has 2 aromatic carbocycles. The monoisotopic (exact) mass is 421 g/mol.